The summed E-state index contributed by atoms with van der Waals surface area (Å²) >= 11 is 9.67. The van der Waals surface area contributed by atoms with E-state index in [0.29, 0.717) is 0 Å². The van der Waals surface area contributed by atoms with Crippen molar-refractivity contribution in [3.8, 4) is 0 Å². The zero-order valence-corrected chi connectivity index (χ0v) is 14.3. The van der Waals surface area contributed by atoms with Gasteiger partial charge in [0.2, 0.25) is 0 Å². The molecule has 1 heterocycles. The Kier molecular flexibility index (Phi) is 5.24. The Morgan fingerprint density at radius 2 is 2.20 bits per heavy atom. The van der Waals surface area contributed by atoms with Crippen molar-refractivity contribution in [2.45, 2.75) is 32.9 Å². The predicted molar refractivity (Wildman–Crippen MR) is 87.0 cm³/mol. The molecule has 1 N–H and O–H groups in total. The van der Waals surface area contributed by atoms with Crippen LogP contribution in [-0.4, -0.2) is 9.78 Å². The van der Waals surface area contributed by atoms with E-state index in [1.54, 1.807) is 0 Å². The minimum atomic E-state index is 0.237. The Morgan fingerprint density at radius 1 is 1.45 bits per heavy atom. The van der Waals surface area contributed by atoms with Gasteiger partial charge in [0.25, 0.3) is 0 Å². The first-order chi connectivity index (χ1) is 9.52. The minimum Gasteiger partial charge on any atom is -0.305 e. The Morgan fingerprint density at radius 3 is 2.80 bits per heavy atom. The van der Waals surface area contributed by atoms with Crippen molar-refractivity contribution < 1.29 is 0 Å². The molecular formula is C15H19BrClN3. The van der Waals surface area contributed by atoms with Crippen LogP contribution in [0.4, 0.5) is 0 Å². The number of aromatic nitrogens is 2. The molecule has 0 aliphatic heterocycles. The maximum absolute atomic E-state index is 6.03. The van der Waals surface area contributed by atoms with Gasteiger partial charge in [-0.25, -0.2) is 0 Å². The second-order valence-electron chi connectivity index (χ2n) is 4.84. The van der Waals surface area contributed by atoms with E-state index in [1.165, 1.54) is 5.56 Å². The molecule has 108 valence electrons. The van der Waals surface area contributed by atoms with Crippen LogP contribution >= 0.6 is 27.5 Å². The molecule has 2 rings (SSSR count). The fourth-order valence-corrected chi connectivity index (χ4v) is 3.11. The summed E-state index contributed by atoms with van der Waals surface area (Å²) in [5, 5.41) is 8.78. The highest BCUT2D eigenvalue weighted by Gasteiger charge is 2.13. The third kappa shape index (κ3) is 3.43. The van der Waals surface area contributed by atoms with Crippen LogP contribution in [0, 0.1) is 0 Å². The molecule has 0 bridgehead atoms. The van der Waals surface area contributed by atoms with Crippen molar-refractivity contribution >= 4 is 27.5 Å². The third-order valence-corrected chi connectivity index (χ3v) is 4.58. The van der Waals surface area contributed by atoms with Crippen molar-refractivity contribution in [1.29, 1.82) is 0 Å². The summed E-state index contributed by atoms with van der Waals surface area (Å²) in [6.45, 7) is 5.01. The van der Waals surface area contributed by atoms with Crippen molar-refractivity contribution in [2.75, 3.05) is 0 Å². The smallest absolute Gasteiger partial charge is 0.0767 e. The summed E-state index contributed by atoms with van der Waals surface area (Å²) in [4.78, 5) is 0. The van der Waals surface area contributed by atoms with Crippen molar-refractivity contribution in [1.82, 2.24) is 15.1 Å². The predicted octanol–water partition coefficient (Wildman–Crippen LogP) is 4.25. The van der Waals surface area contributed by atoms with Gasteiger partial charge in [0.05, 0.1) is 15.9 Å². The van der Waals surface area contributed by atoms with Crippen LogP contribution in [0.15, 0.2) is 28.7 Å². The van der Waals surface area contributed by atoms with Crippen LogP contribution < -0.4 is 5.32 Å². The van der Waals surface area contributed by atoms with Gasteiger partial charge < -0.3 is 5.32 Å². The van der Waals surface area contributed by atoms with Crippen molar-refractivity contribution in [2.24, 2.45) is 7.05 Å². The van der Waals surface area contributed by atoms with Gasteiger partial charge >= 0.3 is 0 Å². The average Bonchev–Trinajstić information content (AvgIpc) is 2.71. The summed E-state index contributed by atoms with van der Waals surface area (Å²) in [6.07, 6.45) is 0.929. The van der Waals surface area contributed by atoms with Gasteiger partial charge in [0.15, 0.2) is 0 Å². The highest BCUT2D eigenvalue weighted by atomic mass is 79.9. The summed E-state index contributed by atoms with van der Waals surface area (Å²) < 4.78 is 3.04. The lowest BCUT2D eigenvalue weighted by atomic mass is 10.1. The fourth-order valence-electron chi connectivity index (χ4n) is 2.16. The summed E-state index contributed by atoms with van der Waals surface area (Å²) in [5.41, 5.74) is 3.45. The van der Waals surface area contributed by atoms with Gasteiger partial charge in [-0.05, 0) is 47.0 Å². The number of hydrogen-bond acceptors (Lipinski definition) is 2. The van der Waals surface area contributed by atoms with Gasteiger partial charge in [0.1, 0.15) is 0 Å². The quantitative estimate of drug-likeness (QED) is 0.868. The molecule has 2 aromatic rings. The molecule has 20 heavy (non-hydrogen) atoms. The Labute approximate surface area is 133 Å². The van der Waals surface area contributed by atoms with E-state index in [2.05, 4.69) is 46.3 Å². The standard InChI is InChI=1S/C15H19BrClN3/c1-4-13-15(16)14(20(3)19-13)9-18-10(2)11-6-5-7-12(17)8-11/h5-8,10,18H,4,9H2,1-3H3/t10-/m0/s1. The summed E-state index contributed by atoms with van der Waals surface area (Å²) in [5.74, 6) is 0. The average molecular weight is 357 g/mol. The molecule has 0 radical (unpaired) electrons. The summed E-state index contributed by atoms with van der Waals surface area (Å²) in [6, 6.07) is 8.18. The van der Waals surface area contributed by atoms with E-state index < -0.39 is 0 Å². The molecule has 0 amide bonds. The first kappa shape index (κ1) is 15.5. The molecule has 5 heteroatoms. The van der Waals surface area contributed by atoms with E-state index in [4.69, 9.17) is 11.6 Å². The monoisotopic (exact) mass is 355 g/mol. The highest BCUT2D eigenvalue weighted by molar-refractivity contribution is 9.10. The molecule has 0 spiro atoms. The van der Waals surface area contributed by atoms with Gasteiger partial charge in [-0.3, -0.25) is 4.68 Å². The van der Waals surface area contributed by atoms with Gasteiger partial charge in [0, 0.05) is 24.7 Å². The van der Waals surface area contributed by atoms with Crippen LogP contribution in [-0.2, 0) is 20.0 Å². The maximum atomic E-state index is 6.03. The first-order valence-electron chi connectivity index (χ1n) is 6.72. The van der Waals surface area contributed by atoms with E-state index in [-0.39, 0.29) is 6.04 Å². The van der Waals surface area contributed by atoms with Gasteiger partial charge in [-0.1, -0.05) is 30.7 Å². The number of halogens is 2. The lowest BCUT2D eigenvalue weighted by Gasteiger charge is -2.15. The fraction of sp³-hybridized carbons (Fsp3) is 0.400. The van der Waals surface area contributed by atoms with E-state index in [1.807, 2.05) is 29.9 Å². The molecule has 0 saturated heterocycles. The number of nitrogens with one attached hydrogen (secondary N) is 1. The second-order valence-corrected chi connectivity index (χ2v) is 6.07. The van der Waals surface area contributed by atoms with Crippen LogP contribution in [0.1, 0.15) is 36.8 Å². The largest absolute Gasteiger partial charge is 0.305 e. The number of hydrogen-bond donors (Lipinski definition) is 1. The second kappa shape index (κ2) is 6.74. The first-order valence-corrected chi connectivity index (χ1v) is 7.89. The molecule has 1 aromatic heterocycles. The van der Waals surface area contributed by atoms with Crippen molar-refractivity contribution in [3.05, 3.63) is 50.7 Å². The molecular weight excluding hydrogens is 338 g/mol. The molecule has 0 saturated carbocycles. The molecule has 3 nitrogen and oxygen atoms in total. The van der Waals surface area contributed by atoms with E-state index >= 15 is 0 Å². The van der Waals surface area contributed by atoms with Crippen LogP contribution in [0.25, 0.3) is 0 Å². The molecule has 0 aliphatic rings. The number of benzene rings is 1. The summed E-state index contributed by atoms with van der Waals surface area (Å²) in [7, 11) is 1.98. The molecule has 1 atom stereocenters. The Bertz CT molecular complexity index is 595. The number of nitrogens with zero attached hydrogens (tertiary/aromatic N) is 2. The zero-order chi connectivity index (χ0) is 14.7. The van der Waals surface area contributed by atoms with Gasteiger partial charge in [-0.15, -0.1) is 0 Å². The van der Waals surface area contributed by atoms with E-state index in [9.17, 15) is 0 Å². The number of rotatable bonds is 5. The normalized spacial score (nSPS) is 12.7. The molecule has 0 aliphatic carbocycles. The van der Waals surface area contributed by atoms with E-state index in [0.717, 1.165) is 33.8 Å². The topological polar surface area (TPSA) is 29.9 Å². The Balaban J connectivity index is 2.07. The zero-order valence-electron chi connectivity index (χ0n) is 12.0. The maximum Gasteiger partial charge on any atom is 0.0767 e. The lowest BCUT2D eigenvalue weighted by molar-refractivity contribution is 0.547. The Hall–Kier alpha value is -0.840. The molecule has 0 unspecified atom stereocenters. The SMILES string of the molecule is CCc1nn(C)c(CN[C@@H](C)c2cccc(Cl)c2)c1Br. The van der Waals surface area contributed by atoms with Gasteiger partial charge in [-0.2, -0.15) is 5.10 Å². The molecule has 0 fully saturated rings. The van der Waals surface area contributed by atoms with Crippen LogP contribution in [0.3, 0.4) is 0 Å². The number of aryl methyl sites for hydroxylation is 2. The van der Waals surface area contributed by atoms with Crippen LogP contribution in [0.5, 0.6) is 0 Å². The lowest BCUT2D eigenvalue weighted by Crippen LogP contribution is -2.20. The highest BCUT2D eigenvalue weighted by Crippen LogP contribution is 2.23. The molecule has 1 aromatic carbocycles. The third-order valence-electron chi connectivity index (χ3n) is 3.43. The minimum absolute atomic E-state index is 0.237. The van der Waals surface area contributed by atoms with Crippen molar-refractivity contribution in [3.63, 3.8) is 0 Å². The van der Waals surface area contributed by atoms with Crippen LogP contribution in [0.2, 0.25) is 5.02 Å².